The molecule has 2 aromatic rings. The third kappa shape index (κ3) is 4.54. The molecule has 0 aromatic heterocycles. The van der Waals surface area contributed by atoms with Gasteiger partial charge in [-0.05, 0) is 52.0 Å². The van der Waals surface area contributed by atoms with E-state index in [0.29, 0.717) is 28.1 Å². The Balaban J connectivity index is 2.35. The van der Waals surface area contributed by atoms with E-state index in [1.54, 1.807) is 19.2 Å². The van der Waals surface area contributed by atoms with Gasteiger partial charge in [0.2, 0.25) is 0 Å². The summed E-state index contributed by atoms with van der Waals surface area (Å²) in [5, 5.41) is 3.01. The number of ether oxygens (including phenoxy) is 2. The number of anilines is 1. The summed E-state index contributed by atoms with van der Waals surface area (Å²) in [6.45, 7) is 8.77. The predicted octanol–water partition coefficient (Wildman–Crippen LogP) is 5.41. The van der Waals surface area contributed by atoms with E-state index in [9.17, 15) is 4.79 Å². The molecule has 0 aliphatic carbocycles. The number of nitrogens with one attached hydrogen (secondary N) is 1. The Bertz CT molecular complexity index is 766. The Hall–Kier alpha value is -2.01. The first-order chi connectivity index (χ1) is 11.8. The fourth-order valence-corrected chi connectivity index (χ4v) is 3.13. The number of amides is 1. The fraction of sp³-hybridized carbons (Fsp3) is 0.350. The average Bonchev–Trinajstić information content (AvgIpc) is 2.56. The highest BCUT2D eigenvalue weighted by Gasteiger charge is 2.20. The van der Waals surface area contributed by atoms with E-state index in [-0.39, 0.29) is 11.3 Å². The maximum atomic E-state index is 12.8. The van der Waals surface area contributed by atoms with Gasteiger partial charge in [0.1, 0.15) is 0 Å². The summed E-state index contributed by atoms with van der Waals surface area (Å²) in [6.07, 6.45) is 0. The minimum atomic E-state index is -0.196. The molecule has 1 N–H and O–H groups in total. The molecule has 5 heteroatoms. The maximum absolute atomic E-state index is 12.8. The van der Waals surface area contributed by atoms with Crippen molar-refractivity contribution in [3.05, 3.63) is 52.0 Å². The van der Waals surface area contributed by atoms with Gasteiger partial charge in [-0.3, -0.25) is 4.79 Å². The quantitative estimate of drug-likeness (QED) is 0.723. The molecule has 25 heavy (non-hydrogen) atoms. The SMILES string of the molecule is CCOc1c(Br)cc(C(=O)Nc2ccccc2C(C)(C)C)cc1OC. The van der Waals surface area contributed by atoms with E-state index < -0.39 is 0 Å². The van der Waals surface area contributed by atoms with Gasteiger partial charge in [0.25, 0.3) is 5.91 Å². The first-order valence-electron chi connectivity index (χ1n) is 8.19. The van der Waals surface area contributed by atoms with Crippen molar-refractivity contribution in [3.8, 4) is 11.5 Å². The van der Waals surface area contributed by atoms with Gasteiger partial charge in [0, 0.05) is 11.3 Å². The van der Waals surface area contributed by atoms with Crippen molar-refractivity contribution in [2.45, 2.75) is 33.1 Å². The zero-order valence-electron chi connectivity index (χ0n) is 15.3. The number of hydrogen-bond donors (Lipinski definition) is 1. The third-order valence-corrected chi connectivity index (χ3v) is 4.35. The van der Waals surface area contributed by atoms with Gasteiger partial charge in [0.05, 0.1) is 18.2 Å². The van der Waals surface area contributed by atoms with Crippen molar-refractivity contribution >= 4 is 27.5 Å². The second-order valence-corrected chi connectivity index (χ2v) is 7.53. The highest BCUT2D eigenvalue weighted by Crippen LogP contribution is 2.37. The number of benzene rings is 2. The Kier molecular flexibility index (Phi) is 6.11. The van der Waals surface area contributed by atoms with Crippen LogP contribution in [0.4, 0.5) is 5.69 Å². The molecule has 0 aliphatic rings. The van der Waals surface area contributed by atoms with Gasteiger partial charge in [-0.25, -0.2) is 0 Å². The standard InChI is InChI=1S/C20H24BrNO3/c1-6-25-18-15(21)11-13(12-17(18)24-5)19(23)22-16-10-8-7-9-14(16)20(2,3)4/h7-12H,6H2,1-5H3,(H,22,23). The van der Waals surface area contributed by atoms with Crippen molar-refractivity contribution in [1.82, 2.24) is 0 Å². The molecule has 0 saturated heterocycles. The summed E-state index contributed by atoms with van der Waals surface area (Å²) >= 11 is 3.45. The van der Waals surface area contributed by atoms with Crippen LogP contribution in [0.5, 0.6) is 11.5 Å². The van der Waals surface area contributed by atoms with Gasteiger partial charge in [-0.1, -0.05) is 39.0 Å². The first kappa shape index (κ1) is 19.3. The smallest absolute Gasteiger partial charge is 0.255 e. The van der Waals surface area contributed by atoms with Crippen molar-refractivity contribution in [2.24, 2.45) is 0 Å². The van der Waals surface area contributed by atoms with Crippen LogP contribution in [0.15, 0.2) is 40.9 Å². The Morgan fingerprint density at radius 3 is 2.48 bits per heavy atom. The number of methoxy groups -OCH3 is 1. The van der Waals surface area contributed by atoms with E-state index in [1.807, 2.05) is 31.2 Å². The molecule has 2 rings (SSSR count). The normalized spacial score (nSPS) is 11.1. The first-order valence-corrected chi connectivity index (χ1v) is 8.98. The predicted molar refractivity (Wildman–Crippen MR) is 105 cm³/mol. The second-order valence-electron chi connectivity index (χ2n) is 6.67. The molecule has 0 atom stereocenters. The number of carbonyl (C=O) groups is 1. The number of halogens is 1. The molecule has 4 nitrogen and oxygen atoms in total. The minimum Gasteiger partial charge on any atom is -0.493 e. The topological polar surface area (TPSA) is 47.6 Å². The molecule has 0 radical (unpaired) electrons. The van der Waals surface area contributed by atoms with Crippen LogP contribution in [0, 0.1) is 0 Å². The van der Waals surface area contributed by atoms with Crippen LogP contribution in [0.3, 0.4) is 0 Å². The van der Waals surface area contributed by atoms with Gasteiger partial charge < -0.3 is 14.8 Å². The number of para-hydroxylation sites is 1. The van der Waals surface area contributed by atoms with E-state index in [2.05, 4.69) is 42.0 Å². The second kappa shape index (κ2) is 7.91. The van der Waals surface area contributed by atoms with Crippen LogP contribution in [0.2, 0.25) is 0 Å². The van der Waals surface area contributed by atoms with E-state index in [1.165, 1.54) is 0 Å². The summed E-state index contributed by atoms with van der Waals surface area (Å²) in [6, 6.07) is 11.3. The molecule has 0 fully saturated rings. The molecule has 0 saturated carbocycles. The molecule has 0 bridgehead atoms. The maximum Gasteiger partial charge on any atom is 0.255 e. The van der Waals surface area contributed by atoms with E-state index >= 15 is 0 Å². The number of hydrogen-bond acceptors (Lipinski definition) is 3. The Morgan fingerprint density at radius 2 is 1.88 bits per heavy atom. The lowest BCUT2D eigenvalue weighted by atomic mass is 9.86. The van der Waals surface area contributed by atoms with Crippen LogP contribution < -0.4 is 14.8 Å². The molecule has 0 spiro atoms. The Morgan fingerprint density at radius 1 is 1.20 bits per heavy atom. The molecule has 0 aliphatic heterocycles. The Labute approximate surface area is 157 Å². The molecule has 0 unspecified atom stereocenters. The van der Waals surface area contributed by atoms with Gasteiger partial charge in [0.15, 0.2) is 11.5 Å². The van der Waals surface area contributed by atoms with Crippen LogP contribution in [-0.4, -0.2) is 19.6 Å². The average molecular weight is 406 g/mol. The van der Waals surface area contributed by atoms with Crippen LogP contribution >= 0.6 is 15.9 Å². The van der Waals surface area contributed by atoms with Crippen molar-refractivity contribution in [1.29, 1.82) is 0 Å². The van der Waals surface area contributed by atoms with E-state index in [4.69, 9.17) is 9.47 Å². The zero-order valence-corrected chi connectivity index (χ0v) is 16.9. The zero-order chi connectivity index (χ0) is 18.6. The van der Waals surface area contributed by atoms with Crippen LogP contribution in [-0.2, 0) is 5.41 Å². The van der Waals surface area contributed by atoms with Crippen LogP contribution in [0.1, 0.15) is 43.6 Å². The molecular formula is C20H24BrNO3. The molecular weight excluding hydrogens is 382 g/mol. The van der Waals surface area contributed by atoms with Gasteiger partial charge in [-0.2, -0.15) is 0 Å². The van der Waals surface area contributed by atoms with Crippen molar-refractivity contribution in [3.63, 3.8) is 0 Å². The highest BCUT2D eigenvalue weighted by atomic mass is 79.9. The lowest BCUT2D eigenvalue weighted by Gasteiger charge is -2.23. The summed E-state index contributed by atoms with van der Waals surface area (Å²) in [5.41, 5.74) is 2.32. The fourth-order valence-electron chi connectivity index (χ4n) is 2.58. The lowest BCUT2D eigenvalue weighted by molar-refractivity contribution is 0.102. The minimum absolute atomic E-state index is 0.0685. The summed E-state index contributed by atoms with van der Waals surface area (Å²) in [4.78, 5) is 12.8. The third-order valence-electron chi connectivity index (χ3n) is 3.76. The summed E-state index contributed by atoms with van der Waals surface area (Å²) < 4.78 is 11.6. The monoisotopic (exact) mass is 405 g/mol. The summed E-state index contributed by atoms with van der Waals surface area (Å²) in [7, 11) is 1.56. The largest absolute Gasteiger partial charge is 0.493 e. The van der Waals surface area contributed by atoms with Crippen LogP contribution in [0.25, 0.3) is 0 Å². The molecule has 2 aromatic carbocycles. The number of rotatable bonds is 5. The van der Waals surface area contributed by atoms with Crippen molar-refractivity contribution in [2.75, 3.05) is 19.0 Å². The molecule has 134 valence electrons. The van der Waals surface area contributed by atoms with Gasteiger partial charge in [-0.15, -0.1) is 0 Å². The molecule has 0 heterocycles. The lowest BCUT2D eigenvalue weighted by Crippen LogP contribution is -2.18. The summed E-state index contributed by atoms with van der Waals surface area (Å²) in [5.74, 6) is 0.917. The van der Waals surface area contributed by atoms with E-state index in [0.717, 1.165) is 11.3 Å². The number of carbonyl (C=O) groups excluding carboxylic acids is 1. The van der Waals surface area contributed by atoms with Gasteiger partial charge >= 0.3 is 0 Å². The molecule has 1 amide bonds. The highest BCUT2D eigenvalue weighted by molar-refractivity contribution is 9.10. The van der Waals surface area contributed by atoms with Crippen molar-refractivity contribution < 1.29 is 14.3 Å².